The largest absolute Gasteiger partial charge is 0.345 e. The number of anilines is 1. The number of nitrogens with zero attached hydrogens (tertiary/aromatic N) is 3. The second-order valence-corrected chi connectivity index (χ2v) is 8.64. The van der Waals surface area contributed by atoms with Crippen molar-refractivity contribution in [1.82, 2.24) is 19.7 Å². The summed E-state index contributed by atoms with van der Waals surface area (Å²) < 4.78 is 27.7. The monoisotopic (exact) mass is 513 g/mol. The Morgan fingerprint density at radius 2 is 1.92 bits per heavy atom. The maximum Gasteiger partial charge on any atom is 0.277 e. The molecule has 190 valence electrons. The lowest BCUT2D eigenvalue weighted by atomic mass is 10.0. The van der Waals surface area contributed by atoms with Crippen molar-refractivity contribution < 1.29 is 18.4 Å². The van der Waals surface area contributed by atoms with Crippen LogP contribution >= 0.6 is 0 Å². The zero-order valence-corrected chi connectivity index (χ0v) is 19.9. The lowest BCUT2D eigenvalue weighted by Gasteiger charge is -2.07. The van der Waals surface area contributed by atoms with Gasteiger partial charge in [-0.3, -0.25) is 14.4 Å². The highest BCUT2D eigenvalue weighted by molar-refractivity contribution is 6.34. The van der Waals surface area contributed by atoms with Crippen LogP contribution in [0.1, 0.15) is 45.6 Å². The highest BCUT2D eigenvalue weighted by atomic mass is 19.2. The van der Waals surface area contributed by atoms with E-state index in [2.05, 4.69) is 20.4 Å². The summed E-state index contributed by atoms with van der Waals surface area (Å²) in [6.45, 7) is -0.0925. The number of carbonyl (C=O) groups excluding carboxylic acids is 2. The summed E-state index contributed by atoms with van der Waals surface area (Å²) in [6, 6.07) is 10.2. The van der Waals surface area contributed by atoms with Crippen LogP contribution in [0.25, 0.3) is 17.7 Å². The summed E-state index contributed by atoms with van der Waals surface area (Å²) >= 11 is 0. The molecule has 1 amide bonds. The van der Waals surface area contributed by atoms with Crippen molar-refractivity contribution >= 4 is 35.1 Å². The van der Waals surface area contributed by atoms with E-state index in [1.165, 1.54) is 18.3 Å². The lowest BCUT2D eigenvalue weighted by Crippen LogP contribution is -2.28. The number of nitrogens with one attached hydrogen (secondary N) is 2. The molecule has 2 N–H and O–H groups in total. The number of amides is 1. The van der Waals surface area contributed by atoms with Crippen LogP contribution in [0.2, 0.25) is 0 Å². The molecule has 10 heteroatoms. The molecule has 3 heterocycles. The number of aromatic nitrogens is 4. The Morgan fingerprint density at radius 3 is 2.71 bits per heavy atom. The first-order valence-electron chi connectivity index (χ1n) is 11.7. The van der Waals surface area contributed by atoms with Gasteiger partial charge in [0.2, 0.25) is 0 Å². The van der Waals surface area contributed by atoms with Gasteiger partial charge in [-0.05, 0) is 47.9 Å². The number of hydrogen-bond donors (Lipinski definition) is 2. The first kappa shape index (κ1) is 24.7. The van der Waals surface area contributed by atoms with E-state index in [-0.39, 0.29) is 30.2 Å². The quantitative estimate of drug-likeness (QED) is 0.267. The van der Waals surface area contributed by atoms with Crippen LogP contribution in [0.4, 0.5) is 14.5 Å². The van der Waals surface area contributed by atoms with Crippen LogP contribution in [-0.2, 0) is 11.3 Å². The zero-order chi connectivity index (χ0) is 26.6. The summed E-state index contributed by atoms with van der Waals surface area (Å²) in [4.78, 5) is 44.7. The maximum atomic E-state index is 13.5. The van der Waals surface area contributed by atoms with Gasteiger partial charge in [-0.15, -0.1) is 0 Å². The SMILES string of the molecule is O=C1Nc2cc(/C=C/CCC(=O)c3ccnn(Cc4ccc(F)c(F)c4)c3=O)ccc2/C1=C/c1cnc[nH]1. The molecule has 0 aliphatic carbocycles. The molecule has 0 saturated heterocycles. The van der Waals surface area contributed by atoms with E-state index < -0.39 is 17.2 Å². The molecule has 2 aromatic carbocycles. The molecule has 4 aromatic rings. The minimum atomic E-state index is -1.02. The van der Waals surface area contributed by atoms with Crippen molar-refractivity contribution in [2.45, 2.75) is 19.4 Å². The van der Waals surface area contributed by atoms with Crippen molar-refractivity contribution in [2.75, 3.05) is 5.32 Å². The van der Waals surface area contributed by atoms with E-state index in [0.717, 1.165) is 33.6 Å². The third-order valence-corrected chi connectivity index (χ3v) is 6.02. The van der Waals surface area contributed by atoms with Crippen molar-refractivity contribution in [1.29, 1.82) is 0 Å². The number of halogens is 2. The number of hydrogen-bond acceptors (Lipinski definition) is 5. The van der Waals surface area contributed by atoms with Crippen LogP contribution in [0.15, 0.2) is 72.1 Å². The molecule has 0 spiro atoms. The number of fused-ring (bicyclic) bond motifs is 1. The topological polar surface area (TPSA) is 110 Å². The normalized spacial score (nSPS) is 13.7. The maximum absolute atomic E-state index is 13.5. The molecule has 0 fully saturated rings. The Morgan fingerprint density at radius 1 is 1.05 bits per heavy atom. The molecule has 0 bridgehead atoms. The predicted molar refractivity (Wildman–Crippen MR) is 138 cm³/mol. The minimum absolute atomic E-state index is 0.0205. The van der Waals surface area contributed by atoms with Gasteiger partial charge in [-0.2, -0.15) is 5.10 Å². The molecule has 38 heavy (non-hydrogen) atoms. The van der Waals surface area contributed by atoms with Gasteiger partial charge in [-0.25, -0.2) is 18.4 Å². The van der Waals surface area contributed by atoms with Crippen molar-refractivity contribution in [3.63, 3.8) is 0 Å². The second kappa shape index (κ2) is 10.6. The molecule has 5 rings (SSSR count). The fourth-order valence-corrected chi connectivity index (χ4v) is 4.12. The molecule has 1 aliphatic rings. The Hall–Kier alpha value is -4.99. The van der Waals surface area contributed by atoms with Crippen LogP contribution < -0.4 is 10.9 Å². The van der Waals surface area contributed by atoms with Gasteiger partial charge in [0.25, 0.3) is 11.5 Å². The average molecular weight is 514 g/mol. The van der Waals surface area contributed by atoms with Gasteiger partial charge in [-0.1, -0.05) is 30.4 Å². The molecule has 2 aromatic heterocycles. The van der Waals surface area contributed by atoms with Gasteiger partial charge >= 0.3 is 0 Å². The Labute approximate surface area is 215 Å². The number of ketones is 1. The van der Waals surface area contributed by atoms with Gasteiger partial charge < -0.3 is 10.3 Å². The number of allylic oxidation sites excluding steroid dienone is 1. The van der Waals surface area contributed by atoms with E-state index in [9.17, 15) is 23.2 Å². The van der Waals surface area contributed by atoms with Gasteiger partial charge in [0.1, 0.15) is 0 Å². The first-order chi connectivity index (χ1) is 18.4. The molecule has 0 saturated carbocycles. The van der Waals surface area contributed by atoms with Crippen molar-refractivity contribution in [3.05, 3.63) is 117 Å². The Balaban J connectivity index is 1.22. The number of benzene rings is 2. The zero-order valence-electron chi connectivity index (χ0n) is 19.9. The van der Waals surface area contributed by atoms with Crippen LogP contribution in [0.5, 0.6) is 0 Å². The van der Waals surface area contributed by atoms with E-state index in [1.807, 2.05) is 30.4 Å². The van der Waals surface area contributed by atoms with Gasteiger partial charge in [0, 0.05) is 23.9 Å². The van der Waals surface area contributed by atoms with Crippen molar-refractivity contribution in [2.24, 2.45) is 0 Å². The van der Waals surface area contributed by atoms with E-state index in [4.69, 9.17) is 0 Å². The number of aromatic amines is 1. The highest BCUT2D eigenvalue weighted by Crippen LogP contribution is 2.33. The average Bonchev–Trinajstić information content (AvgIpc) is 3.53. The van der Waals surface area contributed by atoms with Crippen LogP contribution in [0.3, 0.4) is 0 Å². The Bertz CT molecular complexity index is 1660. The molecular formula is C28H21F2N5O3. The predicted octanol–water partition coefficient (Wildman–Crippen LogP) is 4.46. The summed E-state index contributed by atoms with van der Waals surface area (Å²) in [5, 5.41) is 6.80. The number of Topliss-reactive ketones (excluding diaryl/α,β-unsaturated/α-hetero) is 1. The fourth-order valence-electron chi connectivity index (χ4n) is 4.12. The molecule has 1 aliphatic heterocycles. The number of carbonyl (C=O) groups is 2. The molecule has 0 unspecified atom stereocenters. The molecule has 8 nitrogen and oxygen atoms in total. The van der Waals surface area contributed by atoms with Crippen LogP contribution in [0, 0.1) is 11.6 Å². The van der Waals surface area contributed by atoms with E-state index >= 15 is 0 Å². The number of rotatable bonds is 8. The standard InChI is InChI=1S/C28H21F2N5O3/c29-23-8-6-18(11-24(23)30)15-35-28(38)21(9-10-33-35)26(36)4-2-1-3-17-5-7-20-22(13-19-14-31-16-32-19)27(37)34-25(20)12-17/h1,3,5-14,16H,2,4,15H2,(H,31,32)(H,34,37)/b3-1+,22-13-. The third kappa shape index (κ3) is 5.24. The first-order valence-corrected chi connectivity index (χ1v) is 11.7. The summed E-state index contributed by atoms with van der Waals surface area (Å²) in [5.41, 5.74) is 3.32. The summed E-state index contributed by atoms with van der Waals surface area (Å²) in [7, 11) is 0. The smallest absolute Gasteiger partial charge is 0.277 e. The Kier molecular flexibility index (Phi) is 6.86. The van der Waals surface area contributed by atoms with E-state index in [1.54, 1.807) is 18.6 Å². The second-order valence-electron chi connectivity index (χ2n) is 8.64. The van der Waals surface area contributed by atoms with Crippen molar-refractivity contribution in [3.8, 4) is 0 Å². The molecule has 0 atom stereocenters. The summed E-state index contributed by atoms with van der Waals surface area (Å²) in [5.74, 6) is -2.56. The number of imidazole rings is 1. The fraction of sp³-hybridized carbons (Fsp3) is 0.107. The third-order valence-electron chi connectivity index (χ3n) is 6.02. The molecule has 0 radical (unpaired) electrons. The van der Waals surface area contributed by atoms with Crippen LogP contribution in [-0.4, -0.2) is 31.4 Å². The summed E-state index contributed by atoms with van der Waals surface area (Å²) in [6.07, 6.45) is 10.4. The number of H-pyrrole nitrogens is 1. The minimum Gasteiger partial charge on any atom is -0.345 e. The highest BCUT2D eigenvalue weighted by Gasteiger charge is 2.24. The lowest BCUT2D eigenvalue weighted by molar-refractivity contribution is -0.110. The van der Waals surface area contributed by atoms with Gasteiger partial charge in [0.15, 0.2) is 17.4 Å². The van der Waals surface area contributed by atoms with Gasteiger partial charge in [0.05, 0.1) is 35.9 Å². The van der Waals surface area contributed by atoms with E-state index in [0.29, 0.717) is 23.2 Å². The molecular weight excluding hydrogens is 492 g/mol.